The first-order chi connectivity index (χ1) is 4.54. The molecule has 10 heavy (non-hydrogen) atoms. The van der Waals surface area contributed by atoms with E-state index < -0.39 is 0 Å². The van der Waals surface area contributed by atoms with Crippen molar-refractivity contribution in [2.24, 2.45) is 0 Å². The Bertz CT molecular complexity index is 110. The fourth-order valence-corrected chi connectivity index (χ4v) is 0.949. The first kappa shape index (κ1) is 9.66. The molecule has 2 heteroatoms. The van der Waals surface area contributed by atoms with Gasteiger partial charge in [0.05, 0.1) is 20.6 Å². The molecule has 0 aromatic carbocycles. The van der Waals surface area contributed by atoms with Crippen LogP contribution in [-0.4, -0.2) is 36.5 Å². The van der Waals surface area contributed by atoms with Gasteiger partial charge in [-0.15, -0.1) is 0 Å². The van der Waals surface area contributed by atoms with Gasteiger partial charge in [-0.2, -0.15) is 0 Å². The van der Waals surface area contributed by atoms with Crippen molar-refractivity contribution in [3.05, 3.63) is 12.7 Å². The maximum Gasteiger partial charge on any atom is 0.190 e. The summed E-state index contributed by atoms with van der Waals surface area (Å²) in [4.78, 5) is 0. The zero-order valence-corrected chi connectivity index (χ0v) is 7.17. The minimum Gasteiger partial charge on any atom is -0.345 e. The molecule has 0 radical (unpaired) electrons. The second-order valence-corrected chi connectivity index (χ2v) is 3.14. The Morgan fingerprint density at radius 2 is 2.10 bits per heavy atom. The minimum absolute atomic E-state index is 0.266. The largest absolute Gasteiger partial charge is 0.345 e. The Morgan fingerprint density at radius 1 is 1.60 bits per heavy atom. The summed E-state index contributed by atoms with van der Waals surface area (Å²) >= 11 is 0. The van der Waals surface area contributed by atoms with Gasteiger partial charge in [-0.05, 0) is 6.08 Å². The molecular formula is C8H18NO+. The molecule has 0 fully saturated rings. The predicted octanol–water partition coefficient (Wildman–Crippen LogP) is 0.977. The smallest absolute Gasteiger partial charge is 0.190 e. The molecule has 0 saturated carbocycles. The molecule has 0 aromatic heterocycles. The molecule has 0 rings (SSSR count). The first-order valence-electron chi connectivity index (χ1n) is 3.66. The minimum atomic E-state index is -0.266. The highest BCUT2D eigenvalue weighted by molar-refractivity contribution is 4.64. The van der Waals surface area contributed by atoms with Crippen LogP contribution in [0.3, 0.4) is 0 Å². The second-order valence-electron chi connectivity index (χ2n) is 3.14. The molecule has 0 aliphatic heterocycles. The van der Waals surface area contributed by atoms with E-state index in [2.05, 4.69) is 6.58 Å². The Kier molecular flexibility index (Phi) is 3.61. The first-order valence-corrected chi connectivity index (χ1v) is 3.66. The van der Waals surface area contributed by atoms with Gasteiger partial charge in [0, 0.05) is 6.42 Å². The lowest BCUT2D eigenvalue weighted by Crippen LogP contribution is -2.48. The molecule has 60 valence electrons. The molecule has 0 spiro atoms. The van der Waals surface area contributed by atoms with E-state index in [1.54, 1.807) is 0 Å². The van der Waals surface area contributed by atoms with E-state index in [4.69, 9.17) is 0 Å². The predicted molar refractivity (Wildman–Crippen MR) is 43.5 cm³/mol. The summed E-state index contributed by atoms with van der Waals surface area (Å²) in [5.41, 5.74) is 0. The van der Waals surface area contributed by atoms with Crippen LogP contribution < -0.4 is 0 Å². The standard InChI is InChI=1S/C8H18NO/c1-5-7-9(3,4)8(10)6-2/h5,8,10H,1,6-7H2,2-4H3/q+1. The van der Waals surface area contributed by atoms with Crippen LogP contribution in [-0.2, 0) is 0 Å². The second kappa shape index (κ2) is 3.74. The van der Waals surface area contributed by atoms with Crippen LogP contribution in [0.5, 0.6) is 0 Å². The lowest BCUT2D eigenvalue weighted by molar-refractivity contribution is -0.931. The van der Waals surface area contributed by atoms with Crippen molar-refractivity contribution in [3.63, 3.8) is 0 Å². The molecule has 0 bridgehead atoms. The van der Waals surface area contributed by atoms with Crippen LogP contribution >= 0.6 is 0 Å². The number of quaternary nitrogens is 1. The van der Waals surface area contributed by atoms with Crippen molar-refractivity contribution in [1.29, 1.82) is 0 Å². The number of rotatable bonds is 4. The number of aliphatic hydroxyl groups excluding tert-OH is 1. The molecule has 1 atom stereocenters. The lowest BCUT2D eigenvalue weighted by atomic mass is 10.3. The molecule has 1 unspecified atom stereocenters. The van der Waals surface area contributed by atoms with E-state index in [1.807, 2.05) is 27.1 Å². The molecule has 0 heterocycles. The SMILES string of the molecule is C=CC[N+](C)(C)C(O)CC. The van der Waals surface area contributed by atoms with Gasteiger partial charge in [0.2, 0.25) is 0 Å². The maximum atomic E-state index is 9.44. The Hall–Kier alpha value is -0.340. The van der Waals surface area contributed by atoms with Gasteiger partial charge in [0.1, 0.15) is 0 Å². The van der Waals surface area contributed by atoms with Crippen molar-refractivity contribution in [1.82, 2.24) is 0 Å². The third-order valence-corrected chi connectivity index (χ3v) is 1.77. The number of hydrogen-bond acceptors (Lipinski definition) is 1. The van der Waals surface area contributed by atoms with Gasteiger partial charge >= 0.3 is 0 Å². The topological polar surface area (TPSA) is 20.2 Å². The Balaban J connectivity index is 3.94. The number of nitrogens with zero attached hydrogens (tertiary/aromatic N) is 1. The van der Waals surface area contributed by atoms with E-state index in [0.29, 0.717) is 4.48 Å². The highest BCUT2D eigenvalue weighted by Gasteiger charge is 2.21. The van der Waals surface area contributed by atoms with Gasteiger partial charge in [0.25, 0.3) is 0 Å². The molecule has 0 aliphatic carbocycles. The van der Waals surface area contributed by atoms with Gasteiger partial charge < -0.3 is 9.59 Å². The third-order valence-electron chi connectivity index (χ3n) is 1.77. The highest BCUT2D eigenvalue weighted by Crippen LogP contribution is 2.06. The van der Waals surface area contributed by atoms with Crippen LogP contribution in [0.25, 0.3) is 0 Å². The van der Waals surface area contributed by atoms with E-state index in [9.17, 15) is 5.11 Å². The summed E-state index contributed by atoms with van der Waals surface area (Å²) in [7, 11) is 3.99. The number of likely N-dealkylation sites (N-methyl/N-ethyl adjacent to an activating group) is 1. The van der Waals surface area contributed by atoms with Crippen molar-refractivity contribution in [3.8, 4) is 0 Å². The van der Waals surface area contributed by atoms with Crippen molar-refractivity contribution in [2.75, 3.05) is 20.6 Å². The monoisotopic (exact) mass is 144 g/mol. The molecular weight excluding hydrogens is 126 g/mol. The summed E-state index contributed by atoms with van der Waals surface area (Å²) < 4.78 is 0.611. The average Bonchev–Trinajstić information content (AvgIpc) is 1.86. The summed E-state index contributed by atoms with van der Waals surface area (Å²) in [6.45, 7) is 6.43. The zero-order chi connectivity index (χ0) is 8.20. The van der Waals surface area contributed by atoms with E-state index in [-0.39, 0.29) is 6.23 Å². The van der Waals surface area contributed by atoms with E-state index in [1.165, 1.54) is 0 Å². The van der Waals surface area contributed by atoms with Crippen LogP contribution in [0, 0.1) is 0 Å². The molecule has 0 amide bonds. The van der Waals surface area contributed by atoms with Crippen LogP contribution in [0.1, 0.15) is 13.3 Å². The van der Waals surface area contributed by atoms with Gasteiger partial charge in [-0.1, -0.05) is 13.5 Å². The van der Waals surface area contributed by atoms with Crippen molar-refractivity contribution >= 4 is 0 Å². The number of hydrogen-bond donors (Lipinski definition) is 1. The Morgan fingerprint density at radius 3 is 2.40 bits per heavy atom. The summed E-state index contributed by atoms with van der Waals surface area (Å²) in [5, 5.41) is 9.44. The van der Waals surface area contributed by atoms with Crippen LogP contribution in [0.2, 0.25) is 0 Å². The van der Waals surface area contributed by atoms with Crippen LogP contribution in [0.4, 0.5) is 0 Å². The molecule has 1 N–H and O–H groups in total. The summed E-state index contributed by atoms with van der Waals surface area (Å²) in [5.74, 6) is 0. The van der Waals surface area contributed by atoms with Gasteiger partial charge in [-0.25, -0.2) is 0 Å². The maximum absolute atomic E-state index is 9.44. The molecule has 0 saturated heterocycles. The van der Waals surface area contributed by atoms with E-state index >= 15 is 0 Å². The molecule has 0 aliphatic rings. The van der Waals surface area contributed by atoms with Gasteiger partial charge in [-0.3, -0.25) is 0 Å². The van der Waals surface area contributed by atoms with E-state index in [0.717, 1.165) is 13.0 Å². The lowest BCUT2D eigenvalue weighted by Gasteiger charge is -2.32. The van der Waals surface area contributed by atoms with Crippen molar-refractivity contribution < 1.29 is 9.59 Å². The third kappa shape index (κ3) is 2.50. The zero-order valence-electron chi connectivity index (χ0n) is 7.17. The highest BCUT2D eigenvalue weighted by atomic mass is 16.3. The molecule has 2 nitrogen and oxygen atoms in total. The quantitative estimate of drug-likeness (QED) is 0.354. The fraction of sp³-hybridized carbons (Fsp3) is 0.750. The van der Waals surface area contributed by atoms with Gasteiger partial charge in [0.15, 0.2) is 6.23 Å². The average molecular weight is 144 g/mol. The summed E-state index contributed by atoms with van der Waals surface area (Å²) in [6, 6.07) is 0. The molecule has 0 aromatic rings. The van der Waals surface area contributed by atoms with Crippen LogP contribution in [0.15, 0.2) is 12.7 Å². The number of aliphatic hydroxyl groups is 1. The summed E-state index contributed by atoms with van der Waals surface area (Å²) in [6.07, 6.45) is 2.36. The Labute approximate surface area is 63.4 Å². The van der Waals surface area contributed by atoms with Crippen molar-refractivity contribution in [2.45, 2.75) is 19.6 Å². The normalized spacial score (nSPS) is 14.8. The fourth-order valence-electron chi connectivity index (χ4n) is 0.949.